The van der Waals surface area contributed by atoms with Gasteiger partial charge in [-0.3, -0.25) is 4.79 Å². The molecule has 0 aromatic heterocycles. The second-order valence-electron chi connectivity index (χ2n) is 6.16. The first-order chi connectivity index (χ1) is 12.6. The summed E-state index contributed by atoms with van der Waals surface area (Å²) < 4.78 is 10.4. The molecule has 0 fully saturated rings. The Bertz CT molecular complexity index is 792. The minimum Gasteiger partial charge on any atom is -0.497 e. The van der Waals surface area contributed by atoms with Crippen LogP contribution in [0.25, 0.3) is 0 Å². The van der Waals surface area contributed by atoms with Gasteiger partial charge >= 0.3 is 6.09 Å². The number of hydrogen-bond acceptors (Lipinski definition) is 4. The number of carbonyl (C=O) groups is 2. The fourth-order valence-electron chi connectivity index (χ4n) is 2.97. The van der Waals surface area contributed by atoms with E-state index in [2.05, 4.69) is 5.32 Å². The number of methoxy groups -OCH3 is 1. The Kier molecular flexibility index (Phi) is 5.41. The molecule has 0 aliphatic carbocycles. The van der Waals surface area contributed by atoms with Gasteiger partial charge in [-0.2, -0.15) is 0 Å². The second kappa shape index (κ2) is 7.91. The third-order valence-electron chi connectivity index (χ3n) is 4.37. The summed E-state index contributed by atoms with van der Waals surface area (Å²) in [5, 5.41) is 2.60. The van der Waals surface area contributed by atoms with Gasteiger partial charge in [0.2, 0.25) is 5.91 Å². The predicted molar refractivity (Wildman–Crippen MR) is 98.3 cm³/mol. The van der Waals surface area contributed by atoms with Crippen LogP contribution in [-0.4, -0.2) is 31.7 Å². The van der Waals surface area contributed by atoms with Gasteiger partial charge in [-0.25, -0.2) is 4.79 Å². The molecular formula is C20H22N2O4. The number of ether oxygens (including phenoxy) is 2. The summed E-state index contributed by atoms with van der Waals surface area (Å²) in [6.07, 6.45) is 0.160. The normalized spacial score (nSPS) is 13.7. The third kappa shape index (κ3) is 3.96. The number of carbonyl (C=O) groups excluding carboxylic acids is 2. The van der Waals surface area contributed by atoms with E-state index in [0.717, 1.165) is 29.0 Å². The van der Waals surface area contributed by atoms with Crippen LogP contribution in [0.15, 0.2) is 48.5 Å². The van der Waals surface area contributed by atoms with E-state index in [1.165, 1.54) is 0 Å². The number of nitrogens with one attached hydrogen (secondary N) is 1. The number of nitrogens with zero attached hydrogens (tertiary/aromatic N) is 1. The molecule has 0 bridgehead atoms. The molecule has 1 aliphatic rings. The van der Waals surface area contributed by atoms with Crippen molar-refractivity contribution in [2.24, 2.45) is 0 Å². The number of anilines is 1. The van der Waals surface area contributed by atoms with Crippen molar-refractivity contribution in [1.29, 1.82) is 0 Å². The molecule has 6 heteroatoms. The second-order valence-corrected chi connectivity index (χ2v) is 6.16. The van der Waals surface area contributed by atoms with Crippen molar-refractivity contribution >= 4 is 17.7 Å². The van der Waals surface area contributed by atoms with E-state index in [4.69, 9.17) is 9.47 Å². The maximum atomic E-state index is 12.7. The van der Waals surface area contributed by atoms with Crippen molar-refractivity contribution in [1.82, 2.24) is 5.32 Å². The van der Waals surface area contributed by atoms with Gasteiger partial charge in [-0.05, 0) is 42.7 Å². The van der Waals surface area contributed by atoms with Crippen LogP contribution >= 0.6 is 0 Å². The number of alkyl carbamates (subject to hydrolysis) is 1. The Labute approximate surface area is 152 Å². The van der Waals surface area contributed by atoms with Gasteiger partial charge in [-0.15, -0.1) is 0 Å². The first-order valence-corrected chi connectivity index (χ1v) is 8.54. The van der Waals surface area contributed by atoms with E-state index >= 15 is 0 Å². The summed E-state index contributed by atoms with van der Waals surface area (Å²) in [6, 6.07) is 14.4. The van der Waals surface area contributed by atoms with Crippen LogP contribution in [0.2, 0.25) is 0 Å². The zero-order valence-corrected chi connectivity index (χ0v) is 14.9. The van der Waals surface area contributed by atoms with Gasteiger partial charge in [0.25, 0.3) is 0 Å². The van der Waals surface area contributed by atoms with Gasteiger partial charge in [0, 0.05) is 12.2 Å². The van der Waals surface area contributed by atoms with E-state index in [1.807, 2.05) is 48.5 Å². The van der Waals surface area contributed by atoms with Crippen molar-refractivity contribution in [3.05, 3.63) is 59.7 Å². The van der Waals surface area contributed by atoms with E-state index in [-0.39, 0.29) is 12.5 Å². The van der Waals surface area contributed by atoms with Gasteiger partial charge < -0.3 is 19.7 Å². The summed E-state index contributed by atoms with van der Waals surface area (Å²) in [5.41, 5.74) is 2.82. The van der Waals surface area contributed by atoms with E-state index in [0.29, 0.717) is 6.54 Å². The standard InChI is InChI=1S/C20H22N2O4/c1-14(21-20(24)26-13-15-6-4-3-5-7-15)19(23)22-11-10-16-12-17(25-2)8-9-18(16)22/h3-9,12,14H,10-11,13H2,1-2H3,(H,21,24)/t14-/m0/s1. The molecule has 3 rings (SSSR count). The number of fused-ring (bicyclic) bond motifs is 1. The average Bonchev–Trinajstić information content (AvgIpc) is 3.09. The van der Waals surface area contributed by atoms with Crippen LogP contribution in [0.3, 0.4) is 0 Å². The zero-order chi connectivity index (χ0) is 18.5. The van der Waals surface area contributed by atoms with E-state index in [9.17, 15) is 9.59 Å². The zero-order valence-electron chi connectivity index (χ0n) is 14.9. The maximum absolute atomic E-state index is 12.7. The smallest absolute Gasteiger partial charge is 0.408 e. The summed E-state index contributed by atoms with van der Waals surface area (Å²) >= 11 is 0. The summed E-state index contributed by atoms with van der Waals surface area (Å²) in [6.45, 7) is 2.42. The number of benzene rings is 2. The minimum atomic E-state index is -0.675. The minimum absolute atomic E-state index is 0.162. The van der Waals surface area contributed by atoms with Gasteiger partial charge in [-0.1, -0.05) is 30.3 Å². The van der Waals surface area contributed by atoms with Crippen molar-refractivity contribution < 1.29 is 19.1 Å². The molecule has 0 radical (unpaired) electrons. The van der Waals surface area contributed by atoms with Crippen molar-refractivity contribution in [2.75, 3.05) is 18.6 Å². The lowest BCUT2D eigenvalue weighted by molar-refractivity contribution is -0.120. The molecule has 0 saturated heterocycles. The molecule has 0 unspecified atom stereocenters. The molecule has 0 spiro atoms. The highest BCUT2D eigenvalue weighted by Crippen LogP contribution is 2.31. The Morgan fingerprint density at radius 2 is 1.96 bits per heavy atom. The Morgan fingerprint density at radius 3 is 2.69 bits per heavy atom. The lowest BCUT2D eigenvalue weighted by Crippen LogP contribution is -2.46. The SMILES string of the molecule is COc1ccc2c(c1)CCN2C(=O)[C@H](C)NC(=O)OCc1ccccc1. The molecule has 26 heavy (non-hydrogen) atoms. The lowest BCUT2D eigenvalue weighted by atomic mass is 10.1. The first kappa shape index (κ1) is 17.8. The van der Waals surface area contributed by atoms with Gasteiger partial charge in [0.1, 0.15) is 18.4 Å². The Morgan fingerprint density at radius 1 is 1.19 bits per heavy atom. The summed E-state index contributed by atoms with van der Waals surface area (Å²) in [5.74, 6) is 0.610. The quantitative estimate of drug-likeness (QED) is 0.896. The topological polar surface area (TPSA) is 67.9 Å². The van der Waals surface area contributed by atoms with Crippen molar-refractivity contribution in [2.45, 2.75) is 26.0 Å². The van der Waals surface area contributed by atoms with Crippen LogP contribution < -0.4 is 15.0 Å². The van der Waals surface area contributed by atoms with Crippen molar-refractivity contribution in [3.63, 3.8) is 0 Å². The molecule has 2 amide bonds. The molecule has 1 atom stereocenters. The van der Waals surface area contributed by atoms with Crippen LogP contribution in [0.1, 0.15) is 18.1 Å². The highest BCUT2D eigenvalue weighted by molar-refractivity contribution is 6.00. The first-order valence-electron chi connectivity index (χ1n) is 8.54. The predicted octanol–water partition coefficient (Wildman–Crippen LogP) is 2.90. The van der Waals surface area contributed by atoms with Crippen molar-refractivity contribution in [3.8, 4) is 5.75 Å². The van der Waals surface area contributed by atoms with Crippen LogP contribution in [0.5, 0.6) is 5.75 Å². The Hall–Kier alpha value is -3.02. The largest absolute Gasteiger partial charge is 0.497 e. The third-order valence-corrected chi connectivity index (χ3v) is 4.37. The number of hydrogen-bond donors (Lipinski definition) is 1. The van der Waals surface area contributed by atoms with Crippen LogP contribution in [0.4, 0.5) is 10.5 Å². The Balaban J connectivity index is 1.56. The van der Waals surface area contributed by atoms with Gasteiger partial charge in [0.15, 0.2) is 0 Å². The van der Waals surface area contributed by atoms with Crippen LogP contribution in [-0.2, 0) is 22.6 Å². The molecule has 1 N–H and O–H groups in total. The number of amides is 2. The monoisotopic (exact) mass is 354 g/mol. The fourth-order valence-corrected chi connectivity index (χ4v) is 2.97. The molecular weight excluding hydrogens is 332 g/mol. The summed E-state index contributed by atoms with van der Waals surface area (Å²) in [4.78, 5) is 26.3. The molecule has 2 aromatic rings. The molecule has 1 heterocycles. The lowest BCUT2D eigenvalue weighted by Gasteiger charge is -2.22. The molecule has 6 nitrogen and oxygen atoms in total. The van der Waals surface area contributed by atoms with Gasteiger partial charge in [0.05, 0.1) is 7.11 Å². The fraction of sp³-hybridized carbons (Fsp3) is 0.300. The average molecular weight is 354 g/mol. The molecule has 1 aliphatic heterocycles. The van der Waals surface area contributed by atoms with Crippen LogP contribution in [0, 0.1) is 0 Å². The van der Waals surface area contributed by atoms with E-state index < -0.39 is 12.1 Å². The molecule has 2 aromatic carbocycles. The maximum Gasteiger partial charge on any atom is 0.408 e. The molecule has 0 saturated carbocycles. The summed E-state index contributed by atoms with van der Waals surface area (Å²) in [7, 11) is 1.62. The highest BCUT2D eigenvalue weighted by atomic mass is 16.5. The molecule has 136 valence electrons. The highest BCUT2D eigenvalue weighted by Gasteiger charge is 2.29. The van der Waals surface area contributed by atoms with E-state index in [1.54, 1.807) is 18.9 Å². The number of rotatable bonds is 5.